The van der Waals surface area contributed by atoms with Crippen molar-refractivity contribution in [2.45, 2.75) is 12.5 Å². The van der Waals surface area contributed by atoms with Gasteiger partial charge < -0.3 is 19.6 Å². The Balaban J connectivity index is 2.15. The average Bonchev–Trinajstić information content (AvgIpc) is 2.51. The monoisotopic (exact) mass is 216 g/mol. The van der Waals surface area contributed by atoms with Crippen LogP contribution in [0.4, 0.5) is 0 Å². The summed E-state index contributed by atoms with van der Waals surface area (Å²) >= 11 is 0. The summed E-state index contributed by atoms with van der Waals surface area (Å²) in [5.41, 5.74) is 0. The highest BCUT2D eigenvalue weighted by molar-refractivity contribution is 4.76. The fourth-order valence-corrected chi connectivity index (χ4v) is 2.30. The van der Waals surface area contributed by atoms with Crippen molar-refractivity contribution in [3.8, 4) is 0 Å². The molecule has 1 fully saturated rings. The molecule has 4 heteroatoms. The minimum atomic E-state index is -0.362. The van der Waals surface area contributed by atoms with Crippen molar-refractivity contribution in [2.24, 2.45) is 5.92 Å². The molecular formula is C11H24N2O2. The molecule has 0 radical (unpaired) electrons. The zero-order valence-corrected chi connectivity index (χ0v) is 10.1. The number of likely N-dealkylation sites (tertiary alicyclic amines) is 1. The lowest BCUT2D eigenvalue weighted by Gasteiger charge is -2.23. The summed E-state index contributed by atoms with van der Waals surface area (Å²) < 4.78 is 4.91. The molecule has 2 unspecified atom stereocenters. The Morgan fingerprint density at radius 2 is 2.33 bits per heavy atom. The summed E-state index contributed by atoms with van der Waals surface area (Å²) in [6.07, 6.45) is 0.917. The number of nitrogens with zero attached hydrogens (tertiary/aromatic N) is 2. The van der Waals surface area contributed by atoms with E-state index in [0.717, 1.165) is 12.5 Å². The average molecular weight is 216 g/mol. The lowest BCUT2D eigenvalue weighted by Crippen LogP contribution is -2.35. The molecule has 0 amide bonds. The number of ether oxygens (including phenoxy) is 1. The Labute approximate surface area is 92.8 Å². The van der Waals surface area contributed by atoms with E-state index in [1.54, 1.807) is 7.11 Å². The van der Waals surface area contributed by atoms with Gasteiger partial charge in [-0.25, -0.2) is 0 Å². The second kappa shape index (κ2) is 6.43. The van der Waals surface area contributed by atoms with E-state index in [0.29, 0.717) is 13.2 Å². The number of rotatable bonds is 6. The van der Waals surface area contributed by atoms with Crippen molar-refractivity contribution in [1.82, 2.24) is 9.80 Å². The van der Waals surface area contributed by atoms with E-state index in [-0.39, 0.29) is 6.10 Å². The molecule has 0 aromatic heterocycles. The molecule has 0 bridgehead atoms. The van der Waals surface area contributed by atoms with E-state index in [9.17, 15) is 5.11 Å². The SMILES string of the molecule is COCC(O)CN(C)CC1CCN(C)C1. The van der Waals surface area contributed by atoms with Gasteiger partial charge in [-0.15, -0.1) is 0 Å². The van der Waals surface area contributed by atoms with Gasteiger partial charge in [-0.3, -0.25) is 0 Å². The minimum absolute atomic E-state index is 0.362. The molecule has 1 aliphatic heterocycles. The maximum Gasteiger partial charge on any atom is 0.0899 e. The Morgan fingerprint density at radius 1 is 1.60 bits per heavy atom. The maximum absolute atomic E-state index is 9.57. The fourth-order valence-electron chi connectivity index (χ4n) is 2.30. The second-order valence-electron chi connectivity index (χ2n) is 4.75. The van der Waals surface area contributed by atoms with Crippen molar-refractivity contribution in [3.05, 3.63) is 0 Å². The number of aliphatic hydroxyl groups is 1. The summed E-state index contributed by atoms with van der Waals surface area (Å²) in [6, 6.07) is 0. The Bertz CT molecular complexity index is 178. The van der Waals surface area contributed by atoms with Crippen LogP contribution in [0.2, 0.25) is 0 Å². The molecule has 0 aromatic rings. The second-order valence-corrected chi connectivity index (χ2v) is 4.75. The number of likely N-dealkylation sites (N-methyl/N-ethyl adjacent to an activating group) is 1. The fraction of sp³-hybridized carbons (Fsp3) is 1.00. The molecule has 1 N–H and O–H groups in total. The molecule has 0 aromatic carbocycles. The molecule has 1 rings (SSSR count). The highest BCUT2D eigenvalue weighted by atomic mass is 16.5. The lowest BCUT2D eigenvalue weighted by molar-refractivity contribution is 0.0406. The van der Waals surface area contributed by atoms with E-state index >= 15 is 0 Å². The van der Waals surface area contributed by atoms with Gasteiger partial charge in [0, 0.05) is 26.7 Å². The van der Waals surface area contributed by atoms with Crippen LogP contribution in [0.15, 0.2) is 0 Å². The van der Waals surface area contributed by atoms with Crippen molar-refractivity contribution in [2.75, 3.05) is 54.0 Å². The van der Waals surface area contributed by atoms with Crippen LogP contribution in [0.1, 0.15) is 6.42 Å². The summed E-state index contributed by atoms with van der Waals surface area (Å²) in [6.45, 7) is 4.60. The molecule has 1 saturated heterocycles. The molecule has 15 heavy (non-hydrogen) atoms. The lowest BCUT2D eigenvalue weighted by atomic mass is 10.1. The highest BCUT2D eigenvalue weighted by Gasteiger charge is 2.21. The van der Waals surface area contributed by atoms with Gasteiger partial charge >= 0.3 is 0 Å². The van der Waals surface area contributed by atoms with E-state index in [1.807, 2.05) is 0 Å². The quantitative estimate of drug-likeness (QED) is 0.671. The summed E-state index contributed by atoms with van der Waals surface area (Å²) in [4.78, 5) is 4.57. The van der Waals surface area contributed by atoms with Gasteiger partial charge in [0.1, 0.15) is 0 Å². The molecule has 1 aliphatic rings. The molecule has 0 spiro atoms. The summed E-state index contributed by atoms with van der Waals surface area (Å²) in [5, 5.41) is 9.57. The van der Waals surface area contributed by atoms with Gasteiger partial charge in [-0.2, -0.15) is 0 Å². The van der Waals surface area contributed by atoms with Crippen LogP contribution in [0.25, 0.3) is 0 Å². The first kappa shape index (κ1) is 12.9. The van der Waals surface area contributed by atoms with Gasteiger partial charge in [-0.1, -0.05) is 0 Å². The zero-order valence-electron chi connectivity index (χ0n) is 10.1. The van der Waals surface area contributed by atoms with E-state index in [2.05, 4.69) is 23.9 Å². The van der Waals surface area contributed by atoms with E-state index in [1.165, 1.54) is 19.5 Å². The molecule has 1 heterocycles. The van der Waals surface area contributed by atoms with Crippen LogP contribution >= 0.6 is 0 Å². The Morgan fingerprint density at radius 3 is 2.87 bits per heavy atom. The van der Waals surface area contributed by atoms with Gasteiger partial charge in [0.05, 0.1) is 12.7 Å². The third kappa shape index (κ3) is 4.93. The van der Waals surface area contributed by atoms with Crippen molar-refractivity contribution in [1.29, 1.82) is 0 Å². The largest absolute Gasteiger partial charge is 0.389 e. The Kier molecular flexibility index (Phi) is 5.53. The van der Waals surface area contributed by atoms with Crippen molar-refractivity contribution >= 4 is 0 Å². The predicted molar refractivity (Wildman–Crippen MR) is 61.0 cm³/mol. The minimum Gasteiger partial charge on any atom is -0.389 e. The first-order valence-corrected chi connectivity index (χ1v) is 5.66. The highest BCUT2D eigenvalue weighted by Crippen LogP contribution is 2.15. The molecule has 0 saturated carbocycles. The van der Waals surface area contributed by atoms with Crippen molar-refractivity contribution < 1.29 is 9.84 Å². The zero-order chi connectivity index (χ0) is 11.3. The van der Waals surface area contributed by atoms with Gasteiger partial charge in [0.2, 0.25) is 0 Å². The van der Waals surface area contributed by atoms with Crippen LogP contribution < -0.4 is 0 Å². The topological polar surface area (TPSA) is 35.9 Å². The van der Waals surface area contributed by atoms with Gasteiger partial charge in [0.25, 0.3) is 0 Å². The number of hydrogen-bond acceptors (Lipinski definition) is 4. The number of aliphatic hydroxyl groups excluding tert-OH is 1. The molecule has 90 valence electrons. The van der Waals surface area contributed by atoms with Crippen LogP contribution in [-0.4, -0.2) is 75.0 Å². The van der Waals surface area contributed by atoms with Gasteiger partial charge in [-0.05, 0) is 33.0 Å². The van der Waals surface area contributed by atoms with Crippen molar-refractivity contribution in [3.63, 3.8) is 0 Å². The third-order valence-electron chi connectivity index (χ3n) is 2.94. The third-order valence-corrected chi connectivity index (χ3v) is 2.94. The van der Waals surface area contributed by atoms with Crippen LogP contribution in [0, 0.1) is 5.92 Å². The van der Waals surface area contributed by atoms with Crippen LogP contribution in [0.5, 0.6) is 0 Å². The van der Waals surface area contributed by atoms with E-state index in [4.69, 9.17) is 4.74 Å². The smallest absolute Gasteiger partial charge is 0.0899 e. The standard InChI is InChI=1S/C11H24N2O2/c1-12-5-4-10(6-12)7-13(2)8-11(14)9-15-3/h10-11,14H,4-9H2,1-3H3. The van der Waals surface area contributed by atoms with Crippen LogP contribution in [0.3, 0.4) is 0 Å². The summed E-state index contributed by atoms with van der Waals surface area (Å²) in [5.74, 6) is 0.759. The summed E-state index contributed by atoms with van der Waals surface area (Å²) in [7, 11) is 5.85. The molecule has 2 atom stereocenters. The predicted octanol–water partition coefficient (Wildman–Crippen LogP) is -0.123. The molecule has 0 aliphatic carbocycles. The normalized spacial score (nSPS) is 25.0. The van der Waals surface area contributed by atoms with Crippen LogP contribution in [-0.2, 0) is 4.74 Å². The first-order valence-electron chi connectivity index (χ1n) is 5.66. The van der Waals surface area contributed by atoms with Gasteiger partial charge in [0.15, 0.2) is 0 Å². The first-order chi connectivity index (χ1) is 7.11. The molecular weight excluding hydrogens is 192 g/mol. The van der Waals surface area contributed by atoms with E-state index < -0.39 is 0 Å². The number of methoxy groups -OCH3 is 1. The maximum atomic E-state index is 9.57. The number of hydrogen-bond donors (Lipinski definition) is 1. The molecule has 4 nitrogen and oxygen atoms in total. The Hall–Kier alpha value is -0.160.